The molecule has 128 valence electrons. The zero-order valence-electron chi connectivity index (χ0n) is 14.2. The van der Waals surface area contributed by atoms with Crippen LogP contribution in [0.1, 0.15) is 25.8 Å². The van der Waals surface area contributed by atoms with Crippen LogP contribution in [0.5, 0.6) is 0 Å². The van der Waals surface area contributed by atoms with Gasteiger partial charge < -0.3 is 10.6 Å². The van der Waals surface area contributed by atoms with E-state index in [1.807, 2.05) is 12.1 Å². The highest BCUT2D eigenvalue weighted by molar-refractivity contribution is 6.29. The normalized spacial score (nSPS) is 12.6. The van der Waals surface area contributed by atoms with Gasteiger partial charge in [0.05, 0.1) is 11.0 Å². The van der Waals surface area contributed by atoms with E-state index in [2.05, 4.69) is 33.7 Å². The van der Waals surface area contributed by atoms with Gasteiger partial charge in [-0.15, -0.1) is 0 Å². The Balaban J connectivity index is 2.02. The van der Waals surface area contributed by atoms with Crippen molar-refractivity contribution in [3.8, 4) is 0 Å². The molecule has 0 aromatic carbocycles. The Kier molecular flexibility index (Phi) is 7.15. The molecule has 5 nitrogen and oxygen atoms in total. The van der Waals surface area contributed by atoms with Crippen LogP contribution >= 0.6 is 11.6 Å². The predicted octanol–water partition coefficient (Wildman–Crippen LogP) is 3.39. The first-order valence-corrected chi connectivity index (χ1v) is 8.62. The van der Waals surface area contributed by atoms with Crippen molar-refractivity contribution in [2.45, 2.75) is 20.3 Å². The van der Waals surface area contributed by atoms with Gasteiger partial charge in [-0.1, -0.05) is 25.4 Å². The van der Waals surface area contributed by atoms with Crippen LogP contribution in [0.4, 0.5) is 0 Å². The number of aromatic nitrogens is 2. The Morgan fingerprint density at radius 3 is 2.79 bits per heavy atom. The summed E-state index contributed by atoms with van der Waals surface area (Å²) in [7, 11) is 0. The summed E-state index contributed by atoms with van der Waals surface area (Å²) in [6, 6.07) is 5.50. The van der Waals surface area contributed by atoms with Crippen LogP contribution in [0, 0.1) is 0 Å². The second-order valence-electron chi connectivity index (χ2n) is 5.43. The van der Waals surface area contributed by atoms with Gasteiger partial charge in [0.1, 0.15) is 5.15 Å². The number of hydrogen-bond acceptors (Lipinski definition) is 5. The second kappa shape index (κ2) is 9.35. The molecule has 0 atom stereocenters. The molecule has 0 fully saturated rings. The Morgan fingerprint density at radius 1 is 1.29 bits per heavy atom. The monoisotopic (exact) mass is 345 g/mol. The van der Waals surface area contributed by atoms with Gasteiger partial charge in [-0.05, 0) is 44.3 Å². The average molecular weight is 346 g/mol. The molecule has 0 aliphatic carbocycles. The fourth-order valence-electron chi connectivity index (χ4n) is 2.44. The Hall–Kier alpha value is -1.98. The number of fused-ring (bicyclic) bond motifs is 1. The molecule has 6 heteroatoms. The third-order valence-corrected chi connectivity index (χ3v) is 4.11. The third kappa shape index (κ3) is 5.01. The van der Waals surface area contributed by atoms with E-state index in [-0.39, 0.29) is 0 Å². The van der Waals surface area contributed by atoms with E-state index in [0.717, 1.165) is 54.8 Å². The SMILES string of the molecule is CCN(CC)CCCN=CC(=CN)c1cnc2ccc(Cl)nc2c1. The number of halogens is 1. The molecular formula is C18H24ClN5. The largest absolute Gasteiger partial charge is 0.404 e. The minimum atomic E-state index is 0.449. The lowest BCUT2D eigenvalue weighted by Crippen LogP contribution is -2.24. The molecule has 2 rings (SSSR count). The molecule has 0 amide bonds. The number of nitrogens with two attached hydrogens (primary N) is 1. The van der Waals surface area contributed by atoms with E-state index in [0.29, 0.717) is 5.15 Å². The van der Waals surface area contributed by atoms with Crippen LogP contribution < -0.4 is 5.73 Å². The first-order valence-electron chi connectivity index (χ1n) is 8.24. The van der Waals surface area contributed by atoms with E-state index in [1.54, 1.807) is 24.7 Å². The molecule has 0 saturated heterocycles. The van der Waals surface area contributed by atoms with Gasteiger partial charge in [0.15, 0.2) is 0 Å². The molecule has 0 aliphatic rings. The molecule has 0 radical (unpaired) electrons. The number of aliphatic imine (C=N–C) groups is 1. The molecule has 2 aromatic heterocycles. The summed E-state index contributed by atoms with van der Waals surface area (Å²) in [6.07, 6.45) is 6.15. The van der Waals surface area contributed by atoms with Gasteiger partial charge in [0.2, 0.25) is 0 Å². The topological polar surface area (TPSA) is 67.4 Å². The molecular weight excluding hydrogens is 322 g/mol. The van der Waals surface area contributed by atoms with Crippen molar-refractivity contribution >= 4 is 34.4 Å². The maximum Gasteiger partial charge on any atom is 0.129 e. The van der Waals surface area contributed by atoms with Crippen LogP contribution in [-0.2, 0) is 0 Å². The van der Waals surface area contributed by atoms with Crippen LogP contribution in [-0.4, -0.2) is 47.3 Å². The number of allylic oxidation sites excluding steroid dienone is 1. The average Bonchev–Trinajstić information content (AvgIpc) is 2.61. The van der Waals surface area contributed by atoms with Crippen molar-refractivity contribution < 1.29 is 0 Å². The summed E-state index contributed by atoms with van der Waals surface area (Å²) in [5.41, 5.74) is 9.00. The van der Waals surface area contributed by atoms with Gasteiger partial charge in [0, 0.05) is 36.3 Å². The van der Waals surface area contributed by atoms with Crippen molar-refractivity contribution in [2.75, 3.05) is 26.2 Å². The fraction of sp³-hybridized carbons (Fsp3) is 0.389. The summed E-state index contributed by atoms with van der Waals surface area (Å²) < 4.78 is 0. The highest BCUT2D eigenvalue weighted by Crippen LogP contribution is 2.18. The molecule has 2 N–H and O–H groups in total. The summed E-state index contributed by atoms with van der Waals surface area (Å²) in [4.78, 5) is 15.6. The second-order valence-corrected chi connectivity index (χ2v) is 5.82. The van der Waals surface area contributed by atoms with E-state index in [4.69, 9.17) is 17.3 Å². The van der Waals surface area contributed by atoms with Crippen molar-refractivity contribution in [3.05, 3.63) is 41.3 Å². The number of rotatable bonds is 8. The molecule has 0 bridgehead atoms. The van der Waals surface area contributed by atoms with Gasteiger partial charge in [-0.2, -0.15) is 0 Å². The zero-order chi connectivity index (χ0) is 17.4. The van der Waals surface area contributed by atoms with E-state index < -0.39 is 0 Å². The number of pyridine rings is 2. The summed E-state index contributed by atoms with van der Waals surface area (Å²) >= 11 is 5.94. The Morgan fingerprint density at radius 2 is 2.08 bits per heavy atom. The molecule has 24 heavy (non-hydrogen) atoms. The summed E-state index contributed by atoms with van der Waals surface area (Å²) in [5, 5.41) is 0.449. The van der Waals surface area contributed by atoms with E-state index in [9.17, 15) is 0 Å². The molecule has 2 aromatic rings. The lowest BCUT2D eigenvalue weighted by molar-refractivity contribution is 0.302. The minimum absolute atomic E-state index is 0.449. The zero-order valence-corrected chi connectivity index (χ0v) is 15.0. The van der Waals surface area contributed by atoms with Crippen molar-refractivity contribution in [1.29, 1.82) is 0 Å². The maximum atomic E-state index is 5.94. The first kappa shape index (κ1) is 18.4. The van der Waals surface area contributed by atoms with Crippen molar-refractivity contribution in [1.82, 2.24) is 14.9 Å². The minimum Gasteiger partial charge on any atom is -0.404 e. The van der Waals surface area contributed by atoms with E-state index >= 15 is 0 Å². The van der Waals surface area contributed by atoms with Gasteiger partial charge in [-0.25, -0.2) is 4.98 Å². The molecule has 0 aliphatic heterocycles. The van der Waals surface area contributed by atoms with Crippen LogP contribution in [0.3, 0.4) is 0 Å². The predicted molar refractivity (Wildman–Crippen MR) is 102 cm³/mol. The van der Waals surface area contributed by atoms with Gasteiger partial charge >= 0.3 is 0 Å². The third-order valence-electron chi connectivity index (χ3n) is 3.90. The fourth-order valence-corrected chi connectivity index (χ4v) is 2.60. The van der Waals surface area contributed by atoms with Crippen molar-refractivity contribution in [2.24, 2.45) is 10.7 Å². The van der Waals surface area contributed by atoms with Crippen molar-refractivity contribution in [3.63, 3.8) is 0 Å². The van der Waals surface area contributed by atoms with Gasteiger partial charge in [-0.3, -0.25) is 9.98 Å². The first-order chi connectivity index (χ1) is 11.7. The lowest BCUT2D eigenvalue weighted by Gasteiger charge is -2.16. The standard InChI is InChI=1S/C18H24ClN5/c1-3-24(4-2)9-5-8-21-12-15(11-20)14-10-17-16(22-13-14)6-7-18(19)23-17/h6-7,10-13H,3-5,8-9,20H2,1-2H3. The highest BCUT2D eigenvalue weighted by atomic mass is 35.5. The molecule has 0 spiro atoms. The van der Waals surface area contributed by atoms with Crippen LogP contribution in [0.25, 0.3) is 16.6 Å². The highest BCUT2D eigenvalue weighted by Gasteiger charge is 2.04. The molecule has 0 saturated carbocycles. The molecule has 0 unspecified atom stereocenters. The summed E-state index contributed by atoms with van der Waals surface area (Å²) in [6.45, 7) is 8.34. The number of nitrogens with zero attached hydrogens (tertiary/aromatic N) is 4. The molecule has 2 heterocycles. The Bertz CT molecular complexity index is 722. The number of hydrogen-bond donors (Lipinski definition) is 1. The smallest absolute Gasteiger partial charge is 0.129 e. The van der Waals surface area contributed by atoms with Gasteiger partial charge in [0.25, 0.3) is 0 Å². The lowest BCUT2D eigenvalue weighted by atomic mass is 10.1. The van der Waals surface area contributed by atoms with Crippen LogP contribution in [0.2, 0.25) is 5.15 Å². The van der Waals surface area contributed by atoms with Crippen LogP contribution in [0.15, 0.2) is 35.6 Å². The summed E-state index contributed by atoms with van der Waals surface area (Å²) in [5.74, 6) is 0. The Labute approximate surface area is 148 Å². The van der Waals surface area contributed by atoms with E-state index in [1.165, 1.54) is 0 Å². The maximum absolute atomic E-state index is 5.94. The quantitative estimate of drug-likeness (QED) is 0.452.